The van der Waals surface area contributed by atoms with Gasteiger partial charge < -0.3 is 15.2 Å². The second-order valence-corrected chi connectivity index (χ2v) is 2.96. The number of hydrogen-bond donors (Lipinski definition) is 2. The molecule has 5 nitrogen and oxygen atoms in total. The van der Waals surface area contributed by atoms with Crippen molar-refractivity contribution in [3.8, 4) is 5.75 Å². The Balaban J connectivity index is 2.61. The lowest BCUT2D eigenvalue weighted by atomic mass is 10.3. The molecular formula is C9H10F2N2O3. The first-order valence-electron chi connectivity index (χ1n) is 4.39. The average Bonchev–Trinajstić information content (AvgIpc) is 2.20. The lowest BCUT2D eigenvalue weighted by molar-refractivity contribution is -0.137. The fraction of sp³-hybridized carbons (Fsp3) is 0.333. The number of pyridine rings is 1. The van der Waals surface area contributed by atoms with Crippen molar-refractivity contribution in [3.63, 3.8) is 0 Å². The molecule has 0 amide bonds. The van der Waals surface area contributed by atoms with Crippen LogP contribution >= 0.6 is 0 Å². The van der Waals surface area contributed by atoms with Crippen molar-refractivity contribution in [3.05, 3.63) is 18.3 Å². The molecule has 1 aromatic heterocycles. The van der Waals surface area contributed by atoms with Crippen LogP contribution in [0.1, 0.15) is 6.92 Å². The normalized spacial score (nSPS) is 12.2. The minimum Gasteiger partial charge on any atom is -0.480 e. The highest BCUT2D eigenvalue weighted by atomic mass is 19.3. The summed E-state index contributed by atoms with van der Waals surface area (Å²) in [6.45, 7) is -1.47. The second-order valence-electron chi connectivity index (χ2n) is 2.96. The van der Waals surface area contributed by atoms with Gasteiger partial charge in [-0.3, -0.25) is 4.79 Å². The fourth-order valence-electron chi connectivity index (χ4n) is 0.922. The molecule has 1 heterocycles. The molecule has 1 atom stereocenters. The third kappa shape index (κ3) is 3.68. The van der Waals surface area contributed by atoms with Crippen molar-refractivity contribution in [2.45, 2.75) is 19.6 Å². The first-order chi connectivity index (χ1) is 7.49. The zero-order chi connectivity index (χ0) is 12.1. The number of nitrogens with zero attached hydrogens (tertiary/aromatic N) is 1. The number of carboxylic acid groups (broad SMARTS) is 1. The molecule has 2 N–H and O–H groups in total. The highest BCUT2D eigenvalue weighted by Crippen LogP contribution is 2.15. The molecule has 0 aliphatic rings. The molecule has 0 fully saturated rings. The molecule has 7 heteroatoms. The van der Waals surface area contributed by atoms with Gasteiger partial charge in [-0.2, -0.15) is 8.78 Å². The second kappa shape index (κ2) is 5.24. The Labute approximate surface area is 90.1 Å². The average molecular weight is 232 g/mol. The van der Waals surface area contributed by atoms with E-state index in [1.165, 1.54) is 19.1 Å². The Morgan fingerprint density at radius 3 is 2.69 bits per heavy atom. The molecular weight excluding hydrogens is 222 g/mol. The van der Waals surface area contributed by atoms with Crippen LogP contribution < -0.4 is 10.1 Å². The van der Waals surface area contributed by atoms with Crippen LogP contribution in [0.2, 0.25) is 0 Å². The molecule has 0 saturated heterocycles. The number of halogens is 2. The summed E-state index contributed by atoms with van der Waals surface area (Å²) in [6, 6.07) is 1.82. The SMILES string of the molecule is C[C@H](Nc1ccc(OC(F)F)cn1)C(=O)O. The molecule has 0 aliphatic heterocycles. The van der Waals surface area contributed by atoms with Gasteiger partial charge in [0.15, 0.2) is 0 Å². The van der Waals surface area contributed by atoms with Crippen LogP contribution in [0.5, 0.6) is 5.75 Å². The van der Waals surface area contributed by atoms with Crippen molar-refractivity contribution in [2.75, 3.05) is 5.32 Å². The molecule has 1 aromatic rings. The van der Waals surface area contributed by atoms with Crippen molar-refractivity contribution in [1.29, 1.82) is 0 Å². The fourth-order valence-corrected chi connectivity index (χ4v) is 0.922. The van der Waals surface area contributed by atoms with E-state index >= 15 is 0 Å². The van der Waals surface area contributed by atoms with Gasteiger partial charge in [0.1, 0.15) is 17.6 Å². The van der Waals surface area contributed by atoms with E-state index in [2.05, 4.69) is 15.0 Å². The molecule has 88 valence electrons. The van der Waals surface area contributed by atoms with Gasteiger partial charge in [-0.25, -0.2) is 4.98 Å². The van der Waals surface area contributed by atoms with Crippen molar-refractivity contribution in [1.82, 2.24) is 4.98 Å². The van der Waals surface area contributed by atoms with Gasteiger partial charge >= 0.3 is 12.6 Å². The van der Waals surface area contributed by atoms with E-state index in [1.807, 2.05) is 0 Å². The number of hydrogen-bond acceptors (Lipinski definition) is 4. The van der Waals surface area contributed by atoms with Gasteiger partial charge in [-0.05, 0) is 19.1 Å². The van der Waals surface area contributed by atoms with Crippen molar-refractivity contribution in [2.24, 2.45) is 0 Å². The third-order valence-corrected chi connectivity index (χ3v) is 1.70. The Bertz CT molecular complexity index is 356. The van der Waals surface area contributed by atoms with Crippen molar-refractivity contribution < 1.29 is 23.4 Å². The largest absolute Gasteiger partial charge is 0.480 e. The maximum Gasteiger partial charge on any atom is 0.387 e. The number of aromatic nitrogens is 1. The van der Waals surface area contributed by atoms with E-state index in [4.69, 9.17) is 5.11 Å². The number of aliphatic carboxylic acids is 1. The number of nitrogens with one attached hydrogen (secondary N) is 1. The highest BCUT2D eigenvalue weighted by molar-refractivity contribution is 5.76. The molecule has 0 bridgehead atoms. The van der Waals surface area contributed by atoms with Crippen LogP contribution in [-0.2, 0) is 4.79 Å². The summed E-state index contributed by atoms with van der Waals surface area (Å²) < 4.78 is 27.7. The van der Waals surface area contributed by atoms with Gasteiger partial charge in [-0.1, -0.05) is 0 Å². The highest BCUT2D eigenvalue weighted by Gasteiger charge is 2.11. The maximum absolute atomic E-state index is 11.8. The summed E-state index contributed by atoms with van der Waals surface area (Å²) in [6.07, 6.45) is 1.09. The van der Waals surface area contributed by atoms with E-state index in [-0.39, 0.29) is 11.6 Å². The predicted molar refractivity (Wildman–Crippen MR) is 51.6 cm³/mol. The lowest BCUT2D eigenvalue weighted by Crippen LogP contribution is -2.25. The monoisotopic (exact) mass is 232 g/mol. The molecule has 0 aromatic carbocycles. The molecule has 1 rings (SSSR count). The standard InChI is InChI=1S/C9H10F2N2O3/c1-5(8(14)15)13-7-3-2-6(4-12-7)16-9(10)11/h2-5,9H,1H3,(H,12,13)(H,14,15)/t5-/m0/s1. The van der Waals surface area contributed by atoms with E-state index in [0.29, 0.717) is 0 Å². The third-order valence-electron chi connectivity index (χ3n) is 1.70. The molecule has 0 saturated carbocycles. The zero-order valence-electron chi connectivity index (χ0n) is 8.35. The Kier molecular flexibility index (Phi) is 3.98. The molecule has 0 unspecified atom stereocenters. The Hall–Kier alpha value is -1.92. The number of alkyl halides is 2. The van der Waals surface area contributed by atoms with E-state index in [9.17, 15) is 13.6 Å². The summed E-state index contributed by atoms with van der Waals surface area (Å²) in [4.78, 5) is 14.2. The zero-order valence-corrected chi connectivity index (χ0v) is 8.35. The summed E-state index contributed by atoms with van der Waals surface area (Å²) in [5, 5.41) is 11.2. The van der Waals surface area contributed by atoms with Crippen LogP contribution in [0.3, 0.4) is 0 Å². The van der Waals surface area contributed by atoms with Crippen LogP contribution in [0.4, 0.5) is 14.6 Å². The maximum atomic E-state index is 11.8. The summed E-state index contributed by atoms with van der Waals surface area (Å²) in [7, 11) is 0. The summed E-state index contributed by atoms with van der Waals surface area (Å²) in [5.74, 6) is -0.838. The van der Waals surface area contributed by atoms with Gasteiger partial charge in [0, 0.05) is 0 Å². The predicted octanol–water partition coefficient (Wildman–Crippen LogP) is 1.57. The number of carbonyl (C=O) groups is 1. The Morgan fingerprint density at radius 2 is 2.25 bits per heavy atom. The minimum atomic E-state index is -2.90. The molecule has 0 spiro atoms. The minimum absolute atomic E-state index is 0.0801. The topological polar surface area (TPSA) is 71.5 Å². The van der Waals surface area contributed by atoms with Crippen molar-refractivity contribution >= 4 is 11.8 Å². The number of anilines is 1. The van der Waals surface area contributed by atoms with Crippen LogP contribution in [0.15, 0.2) is 18.3 Å². The number of rotatable bonds is 5. The molecule has 0 radical (unpaired) electrons. The number of carboxylic acids is 1. The van der Waals surface area contributed by atoms with Gasteiger partial charge in [-0.15, -0.1) is 0 Å². The molecule has 0 aliphatic carbocycles. The first-order valence-corrected chi connectivity index (χ1v) is 4.39. The van der Waals surface area contributed by atoms with Crippen LogP contribution in [0, 0.1) is 0 Å². The smallest absolute Gasteiger partial charge is 0.387 e. The molecule has 16 heavy (non-hydrogen) atoms. The number of ether oxygens (including phenoxy) is 1. The van der Waals surface area contributed by atoms with Gasteiger partial charge in [0.2, 0.25) is 0 Å². The first kappa shape index (κ1) is 12.2. The van der Waals surface area contributed by atoms with Gasteiger partial charge in [0.25, 0.3) is 0 Å². The van der Waals surface area contributed by atoms with E-state index < -0.39 is 18.6 Å². The summed E-state index contributed by atoms with van der Waals surface area (Å²) >= 11 is 0. The van der Waals surface area contributed by atoms with Crippen LogP contribution in [0.25, 0.3) is 0 Å². The Morgan fingerprint density at radius 1 is 1.56 bits per heavy atom. The van der Waals surface area contributed by atoms with Crippen LogP contribution in [-0.4, -0.2) is 28.7 Å². The van der Waals surface area contributed by atoms with E-state index in [1.54, 1.807) is 0 Å². The quantitative estimate of drug-likeness (QED) is 0.806. The lowest BCUT2D eigenvalue weighted by Gasteiger charge is -2.10. The summed E-state index contributed by atoms with van der Waals surface area (Å²) in [5.41, 5.74) is 0. The van der Waals surface area contributed by atoms with Gasteiger partial charge in [0.05, 0.1) is 6.20 Å². The van der Waals surface area contributed by atoms with E-state index in [0.717, 1.165) is 6.20 Å².